The van der Waals surface area contributed by atoms with Crippen molar-refractivity contribution in [1.29, 1.82) is 0 Å². The van der Waals surface area contributed by atoms with Crippen molar-refractivity contribution in [3.8, 4) is 0 Å². The molecule has 1 amide bonds. The fraction of sp³-hybridized carbons (Fsp3) is 0.444. The zero-order valence-corrected chi connectivity index (χ0v) is 9.38. The first-order valence-electron chi connectivity index (χ1n) is 4.59. The minimum atomic E-state index is -0.435. The zero-order chi connectivity index (χ0) is 11.4. The minimum absolute atomic E-state index is 0.367. The summed E-state index contributed by atoms with van der Waals surface area (Å²) in [5.41, 5.74) is 5.91. The van der Waals surface area contributed by atoms with E-state index in [9.17, 15) is 4.79 Å². The van der Waals surface area contributed by atoms with Gasteiger partial charge in [-0.15, -0.1) is 0 Å². The van der Waals surface area contributed by atoms with E-state index in [1.165, 1.54) is 6.33 Å². The van der Waals surface area contributed by atoms with Crippen LogP contribution >= 0.6 is 11.6 Å². The summed E-state index contributed by atoms with van der Waals surface area (Å²) in [6, 6.07) is -0.435. The average molecular weight is 229 g/mol. The van der Waals surface area contributed by atoms with Crippen LogP contribution in [0.25, 0.3) is 0 Å². The highest BCUT2D eigenvalue weighted by Gasteiger charge is 2.14. The Morgan fingerprint density at radius 3 is 2.87 bits per heavy atom. The van der Waals surface area contributed by atoms with Gasteiger partial charge in [0.1, 0.15) is 23.3 Å². The molecule has 0 aliphatic rings. The van der Waals surface area contributed by atoms with Crippen LogP contribution in [0.4, 0.5) is 5.82 Å². The van der Waals surface area contributed by atoms with Gasteiger partial charge in [-0.3, -0.25) is 4.79 Å². The van der Waals surface area contributed by atoms with E-state index >= 15 is 0 Å². The molecule has 6 heteroatoms. The van der Waals surface area contributed by atoms with Crippen LogP contribution in [0.3, 0.4) is 0 Å². The summed E-state index contributed by atoms with van der Waals surface area (Å²) in [5.74, 6) is 0.132. The first-order valence-corrected chi connectivity index (χ1v) is 4.97. The number of anilines is 1. The molecule has 3 N–H and O–H groups in total. The fourth-order valence-corrected chi connectivity index (χ4v) is 1.25. The van der Waals surface area contributed by atoms with Crippen molar-refractivity contribution in [2.45, 2.75) is 26.3 Å². The summed E-state index contributed by atoms with van der Waals surface area (Å²) in [4.78, 5) is 18.8. The molecule has 0 aliphatic carbocycles. The highest BCUT2D eigenvalue weighted by atomic mass is 35.5. The quantitative estimate of drug-likeness (QED) is 0.757. The van der Waals surface area contributed by atoms with E-state index in [1.807, 2.05) is 6.92 Å². The Hall–Kier alpha value is -1.36. The maximum Gasteiger partial charge on any atom is 0.239 e. The number of carbonyl (C=O) groups excluding carboxylic acids is 1. The Labute approximate surface area is 93.0 Å². The topological polar surface area (TPSA) is 80.9 Å². The molecule has 1 aromatic heterocycles. The van der Waals surface area contributed by atoms with E-state index in [0.29, 0.717) is 23.0 Å². The van der Waals surface area contributed by atoms with E-state index in [-0.39, 0.29) is 0 Å². The minimum Gasteiger partial charge on any atom is -0.368 e. The van der Waals surface area contributed by atoms with Crippen molar-refractivity contribution in [2.75, 3.05) is 5.32 Å². The van der Waals surface area contributed by atoms with E-state index in [4.69, 9.17) is 17.3 Å². The van der Waals surface area contributed by atoms with E-state index in [2.05, 4.69) is 15.3 Å². The number of nitrogens with two attached hydrogens (primary N) is 1. The van der Waals surface area contributed by atoms with Crippen LogP contribution in [0, 0.1) is 6.92 Å². The second-order valence-corrected chi connectivity index (χ2v) is 3.50. The van der Waals surface area contributed by atoms with Crippen LogP contribution in [0.5, 0.6) is 0 Å². The van der Waals surface area contributed by atoms with Crippen LogP contribution in [0.2, 0.25) is 5.15 Å². The first-order chi connectivity index (χ1) is 7.06. The molecular formula is C9H13ClN4O. The van der Waals surface area contributed by atoms with Gasteiger partial charge in [-0.25, -0.2) is 9.97 Å². The smallest absolute Gasteiger partial charge is 0.239 e. The van der Waals surface area contributed by atoms with Gasteiger partial charge in [0.2, 0.25) is 5.91 Å². The molecule has 1 aromatic rings. The van der Waals surface area contributed by atoms with Gasteiger partial charge in [0.25, 0.3) is 0 Å². The first kappa shape index (κ1) is 11.7. The number of primary amides is 1. The monoisotopic (exact) mass is 228 g/mol. The molecule has 0 aliphatic heterocycles. The van der Waals surface area contributed by atoms with Gasteiger partial charge in [0, 0.05) is 5.56 Å². The Kier molecular flexibility index (Phi) is 3.85. The van der Waals surface area contributed by atoms with Gasteiger partial charge in [0.15, 0.2) is 0 Å². The van der Waals surface area contributed by atoms with Gasteiger partial charge in [-0.2, -0.15) is 0 Å². The zero-order valence-electron chi connectivity index (χ0n) is 8.62. The second-order valence-electron chi connectivity index (χ2n) is 3.15. The number of halogens is 1. The Morgan fingerprint density at radius 2 is 2.33 bits per heavy atom. The summed E-state index contributed by atoms with van der Waals surface area (Å²) in [7, 11) is 0. The third kappa shape index (κ3) is 2.79. The van der Waals surface area contributed by atoms with E-state index < -0.39 is 11.9 Å². The van der Waals surface area contributed by atoms with E-state index in [1.54, 1.807) is 6.92 Å². The number of nitrogens with one attached hydrogen (secondary N) is 1. The maximum atomic E-state index is 11.0. The maximum absolute atomic E-state index is 11.0. The number of aromatic nitrogens is 2. The molecule has 82 valence electrons. The molecule has 15 heavy (non-hydrogen) atoms. The number of nitrogens with zero attached hydrogens (tertiary/aromatic N) is 2. The lowest BCUT2D eigenvalue weighted by molar-refractivity contribution is -0.118. The van der Waals surface area contributed by atoms with Crippen LogP contribution in [0.15, 0.2) is 6.33 Å². The van der Waals surface area contributed by atoms with Crippen LogP contribution in [-0.2, 0) is 4.79 Å². The summed E-state index contributed by atoms with van der Waals surface area (Å²) >= 11 is 5.81. The summed E-state index contributed by atoms with van der Waals surface area (Å²) < 4.78 is 0. The Morgan fingerprint density at radius 1 is 1.67 bits per heavy atom. The summed E-state index contributed by atoms with van der Waals surface area (Å²) in [6.07, 6.45) is 1.93. The molecule has 1 rings (SSSR count). The van der Waals surface area contributed by atoms with Crippen molar-refractivity contribution < 1.29 is 4.79 Å². The fourth-order valence-electron chi connectivity index (χ4n) is 1.11. The second kappa shape index (κ2) is 4.93. The van der Waals surface area contributed by atoms with Gasteiger partial charge < -0.3 is 11.1 Å². The molecule has 0 radical (unpaired) electrons. The summed E-state index contributed by atoms with van der Waals surface area (Å²) in [5, 5.41) is 3.29. The lowest BCUT2D eigenvalue weighted by Gasteiger charge is -2.15. The largest absolute Gasteiger partial charge is 0.368 e. The molecule has 1 heterocycles. The number of carbonyl (C=O) groups is 1. The van der Waals surface area contributed by atoms with Crippen molar-refractivity contribution in [1.82, 2.24) is 9.97 Å². The molecule has 0 aromatic carbocycles. The van der Waals surface area contributed by atoms with Crippen LogP contribution < -0.4 is 11.1 Å². The molecule has 0 spiro atoms. The van der Waals surface area contributed by atoms with Crippen molar-refractivity contribution >= 4 is 23.3 Å². The van der Waals surface area contributed by atoms with Crippen molar-refractivity contribution in [2.24, 2.45) is 5.73 Å². The Bertz CT molecular complexity index is 369. The van der Waals surface area contributed by atoms with Crippen molar-refractivity contribution in [3.05, 3.63) is 17.0 Å². The third-order valence-corrected chi connectivity index (χ3v) is 2.47. The lowest BCUT2D eigenvalue weighted by Crippen LogP contribution is -2.35. The standard InChI is InChI=1S/C9H13ClN4O/c1-3-6(8(11)15)14-9-5(2)7(10)12-4-13-9/h4,6H,3H2,1-2H3,(H2,11,15)(H,12,13,14). The highest BCUT2D eigenvalue weighted by Crippen LogP contribution is 2.18. The molecule has 1 atom stereocenters. The molecule has 0 saturated carbocycles. The van der Waals surface area contributed by atoms with E-state index in [0.717, 1.165) is 0 Å². The molecule has 0 bridgehead atoms. The van der Waals surface area contributed by atoms with Crippen LogP contribution in [-0.4, -0.2) is 21.9 Å². The van der Waals surface area contributed by atoms with Crippen LogP contribution in [0.1, 0.15) is 18.9 Å². The van der Waals surface area contributed by atoms with Gasteiger partial charge in [0.05, 0.1) is 0 Å². The number of hydrogen-bond donors (Lipinski definition) is 2. The van der Waals surface area contributed by atoms with Crippen molar-refractivity contribution in [3.63, 3.8) is 0 Å². The molecular weight excluding hydrogens is 216 g/mol. The Balaban J connectivity index is 2.88. The number of amides is 1. The summed E-state index contributed by atoms with van der Waals surface area (Å²) in [6.45, 7) is 3.64. The highest BCUT2D eigenvalue weighted by molar-refractivity contribution is 6.30. The van der Waals surface area contributed by atoms with Gasteiger partial charge in [-0.1, -0.05) is 18.5 Å². The predicted molar refractivity (Wildman–Crippen MR) is 58.7 cm³/mol. The molecule has 5 nitrogen and oxygen atoms in total. The van der Waals surface area contributed by atoms with Gasteiger partial charge >= 0.3 is 0 Å². The third-order valence-electron chi connectivity index (χ3n) is 2.09. The lowest BCUT2D eigenvalue weighted by atomic mass is 10.2. The normalized spacial score (nSPS) is 12.2. The number of rotatable bonds is 4. The number of hydrogen-bond acceptors (Lipinski definition) is 4. The molecule has 0 fully saturated rings. The average Bonchev–Trinajstić information content (AvgIpc) is 2.19. The molecule has 0 saturated heterocycles. The van der Waals surface area contributed by atoms with Gasteiger partial charge in [-0.05, 0) is 13.3 Å². The molecule has 1 unspecified atom stereocenters. The SMILES string of the molecule is CCC(Nc1ncnc(Cl)c1C)C(N)=O. The predicted octanol–water partition coefficient (Wildman–Crippen LogP) is 1.11.